The van der Waals surface area contributed by atoms with E-state index in [2.05, 4.69) is 58.6 Å². The van der Waals surface area contributed by atoms with Crippen molar-refractivity contribution >= 4 is 11.7 Å². The molecule has 3 heterocycles. The number of allylic oxidation sites excluding steroid dienone is 2. The largest absolute Gasteiger partial charge is 0.370 e. The standard InChI is InChI=1S/C26H36N4O/c1-18(2)19-7-9-20(10-8-19)24-21-5-3-4-6-22(21)26(11-13-27-14-12-26)25(31)30(24)17-23-28-15-16-29-23/h3-6,20,24,27H,7-17H2,1-2H3,(H,28,29). The van der Waals surface area contributed by atoms with E-state index in [0.717, 1.165) is 57.7 Å². The Morgan fingerprint density at radius 1 is 1.13 bits per heavy atom. The summed E-state index contributed by atoms with van der Waals surface area (Å²) >= 11 is 0. The maximum Gasteiger partial charge on any atom is 0.234 e. The second kappa shape index (κ2) is 8.42. The highest BCUT2D eigenvalue weighted by atomic mass is 16.2. The number of aliphatic imine (C=N–C) groups is 1. The molecule has 1 aromatic carbocycles. The third-order valence-corrected chi connectivity index (χ3v) is 8.11. The van der Waals surface area contributed by atoms with Gasteiger partial charge in [-0.3, -0.25) is 9.79 Å². The molecule has 1 saturated carbocycles. The molecule has 0 radical (unpaired) electrons. The van der Waals surface area contributed by atoms with Crippen molar-refractivity contribution in [3.8, 4) is 0 Å². The van der Waals surface area contributed by atoms with Crippen LogP contribution in [-0.4, -0.2) is 49.4 Å². The number of carbonyl (C=O) groups is 1. The molecule has 4 aliphatic rings. The first-order valence-corrected chi connectivity index (χ1v) is 12.1. The van der Waals surface area contributed by atoms with Crippen molar-refractivity contribution in [3.63, 3.8) is 0 Å². The second-order valence-electron chi connectivity index (χ2n) is 9.99. The van der Waals surface area contributed by atoms with Gasteiger partial charge in [-0.1, -0.05) is 35.4 Å². The first-order chi connectivity index (χ1) is 15.1. The van der Waals surface area contributed by atoms with Crippen LogP contribution in [0.4, 0.5) is 0 Å². The van der Waals surface area contributed by atoms with Gasteiger partial charge in [-0.15, -0.1) is 0 Å². The molecule has 1 unspecified atom stereocenters. The fourth-order valence-corrected chi connectivity index (χ4v) is 6.41. The van der Waals surface area contributed by atoms with Crippen LogP contribution in [0.3, 0.4) is 0 Å². The Hall–Kier alpha value is -2.14. The van der Waals surface area contributed by atoms with Gasteiger partial charge < -0.3 is 15.5 Å². The molecule has 31 heavy (non-hydrogen) atoms. The second-order valence-corrected chi connectivity index (χ2v) is 9.99. The van der Waals surface area contributed by atoms with Crippen LogP contribution >= 0.6 is 0 Å². The van der Waals surface area contributed by atoms with E-state index in [1.807, 2.05) is 0 Å². The molecular weight excluding hydrogens is 384 g/mol. The fourth-order valence-electron chi connectivity index (χ4n) is 6.41. The number of hydrogen-bond donors (Lipinski definition) is 2. The summed E-state index contributed by atoms with van der Waals surface area (Å²) in [5, 5.41) is 6.90. The molecule has 0 aromatic heterocycles. The predicted octanol–water partition coefficient (Wildman–Crippen LogP) is 3.72. The normalized spacial score (nSPS) is 27.7. The number of fused-ring (bicyclic) bond motifs is 2. The zero-order valence-corrected chi connectivity index (χ0v) is 19.0. The Bertz CT molecular complexity index is 898. The van der Waals surface area contributed by atoms with Gasteiger partial charge in [0.05, 0.1) is 24.5 Å². The minimum Gasteiger partial charge on any atom is -0.370 e. The SMILES string of the molecule is CC(C)=C1CCC(C2c3ccccc3C3(CCNCC3)C(=O)N2CC2=NCCN2)CC1. The summed E-state index contributed by atoms with van der Waals surface area (Å²) in [6.45, 7) is 8.63. The molecule has 166 valence electrons. The number of nitrogens with zero attached hydrogens (tertiary/aromatic N) is 2. The maximum absolute atomic E-state index is 14.3. The van der Waals surface area contributed by atoms with Gasteiger partial charge in [0.2, 0.25) is 5.91 Å². The molecule has 1 atom stereocenters. The highest BCUT2D eigenvalue weighted by Gasteiger charge is 2.52. The Labute approximate surface area is 186 Å². The number of nitrogens with one attached hydrogen (secondary N) is 2. The van der Waals surface area contributed by atoms with Crippen molar-refractivity contribution in [2.75, 3.05) is 32.7 Å². The molecule has 3 aliphatic heterocycles. The Morgan fingerprint density at radius 2 is 1.87 bits per heavy atom. The third-order valence-electron chi connectivity index (χ3n) is 8.11. The van der Waals surface area contributed by atoms with E-state index < -0.39 is 0 Å². The van der Waals surface area contributed by atoms with E-state index in [1.165, 1.54) is 29.5 Å². The van der Waals surface area contributed by atoms with Crippen LogP contribution in [0.15, 0.2) is 40.4 Å². The van der Waals surface area contributed by atoms with Crippen molar-refractivity contribution < 1.29 is 4.79 Å². The zero-order chi connectivity index (χ0) is 21.4. The summed E-state index contributed by atoms with van der Waals surface area (Å²) in [6.07, 6.45) is 6.44. The monoisotopic (exact) mass is 420 g/mol. The van der Waals surface area contributed by atoms with Crippen LogP contribution in [0.5, 0.6) is 0 Å². The van der Waals surface area contributed by atoms with Crippen molar-refractivity contribution in [2.24, 2.45) is 10.9 Å². The van der Waals surface area contributed by atoms with E-state index in [9.17, 15) is 4.79 Å². The lowest BCUT2D eigenvalue weighted by atomic mass is 9.64. The van der Waals surface area contributed by atoms with Crippen LogP contribution < -0.4 is 10.6 Å². The summed E-state index contributed by atoms with van der Waals surface area (Å²) in [6, 6.07) is 9.02. The lowest BCUT2D eigenvalue weighted by Crippen LogP contribution is -2.59. The molecule has 2 fully saturated rings. The number of hydrogen-bond acceptors (Lipinski definition) is 4. The van der Waals surface area contributed by atoms with Crippen LogP contribution in [-0.2, 0) is 10.2 Å². The summed E-state index contributed by atoms with van der Waals surface area (Å²) < 4.78 is 0. The van der Waals surface area contributed by atoms with Gasteiger partial charge in [-0.2, -0.15) is 0 Å². The van der Waals surface area contributed by atoms with E-state index in [0.29, 0.717) is 18.4 Å². The Morgan fingerprint density at radius 3 is 2.55 bits per heavy atom. The van der Waals surface area contributed by atoms with Crippen molar-refractivity contribution in [1.82, 2.24) is 15.5 Å². The van der Waals surface area contributed by atoms with E-state index >= 15 is 0 Å². The van der Waals surface area contributed by atoms with Crippen molar-refractivity contribution in [2.45, 2.75) is 63.8 Å². The van der Waals surface area contributed by atoms with Crippen molar-refractivity contribution in [3.05, 3.63) is 46.5 Å². The summed E-state index contributed by atoms with van der Waals surface area (Å²) in [5.74, 6) is 1.83. The number of benzene rings is 1. The quantitative estimate of drug-likeness (QED) is 0.733. The molecule has 0 bridgehead atoms. The van der Waals surface area contributed by atoms with Crippen LogP contribution in [0.2, 0.25) is 0 Å². The Balaban J connectivity index is 1.56. The molecule has 1 aliphatic carbocycles. The lowest BCUT2D eigenvalue weighted by Gasteiger charge is -2.51. The zero-order valence-electron chi connectivity index (χ0n) is 19.0. The smallest absolute Gasteiger partial charge is 0.234 e. The predicted molar refractivity (Wildman–Crippen MR) is 125 cm³/mol. The Kier molecular flexibility index (Phi) is 5.63. The molecule has 1 saturated heterocycles. The highest BCUT2D eigenvalue weighted by molar-refractivity contribution is 5.95. The van der Waals surface area contributed by atoms with Crippen LogP contribution in [0.25, 0.3) is 0 Å². The molecule has 2 N–H and O–H groups in total. The minimum atomic E-state index is -0.378. The average Bonchev–Trinajstić information content (AvgIpc) is 3.32. The van der Waals surface area contributed by atoms with Crippen LogP contribution in [0, 0.1) is 5.92 Å². The number of carbonyl (C=O) groups excluding carboxylic acids is 1. The number of piperidine rings is 1. The number of amides is 1. The van der Waals surface area contributed by atoms with Gasteiger partial charge in [-0.25, -0.2) is 0 Å². The number of rotatable bonds is 3. The molecule has 1 amide bonds. The molecular formula is C26H36N4O. The van der Waals surface area contributed by atoms with Gasteiger partial charge in [0, 0.05) is 6.54 Å². The molecule has 5 heteroatoms. The number of amidine groups is 1. The van der Waals surface area contributed by atoms with E-state index in [1.54, 1.807) is 5.57 Å². The topological polar surface area (TPSA) is 56.7 Å². The summed E-state index contributed by atoms with van der Waals surface area (Å²) in [5.41, 5.74) is 5.42. The summed E-state index contributed by atoms with van der Waals surface area (Å²) in [4.78, 5) is 21.2. The molecule has 5 rings (SSSR count). The fraction of sp³-hybridized carbons (Fsp3) is 0.615. The summed E-state index contributed by atoms with van der Waals surface area (Å²) in [7, 11) is 0. The van der Waals surface area contributed by atoms with Gasteiger partial charge in [-0.05, 0) is 82.5 Å². The van der Waals surface area contributed by atoms with E-state index in [-0.39, 0.29) is 11.5 Å². The first-order valence-electron chi connectivity index (χ1n) is 12.1. The molecule has 1 spiro atoms. The minimum absolute atomic E-state index is 0.160. The van der Waals surface area contributed by atoms with Gasteiger partial charge in [0.15, 0.2) is 0 Å². The average molecular weight is 421 g/mol. The highest BCUT2D eigenvalue weighted by Crippen LogP contribution is 2.50. The van der Waals surface area contributed by atoms with Crippen molar-refractivity contribution in [1.29, 1.82) is 0 Å². The maximum atomic E-state index is 14.3. The molecule has 1 aromatic rings. The molecule has 5 nitrogen and oxygen atoms in total. The van der Waals surface area contributed by atoms with E-state index in [4.69, 9.17) is 0 Å². The lowest BCUT2D eigenvalue weighted by molar-refractivity contribution is -0.143. The van der Waals surface area contributed by atoms with Gasteiger partial charge in [0.25, 0.3) is 0 Å². The van der Waals surface area contributed by atoms with Gasteiger partial charge >= 0.3 is 0 Å². The van der Waals surface area contributed by atoms with Crippen LogP contribution in [0.1, 0.15) is 69.5 Å². The first kappa shape index (κ1) is 20.7. The third kappa shape index (κ3) is 3.61. The van der Waals surface area contributed by atoms with Gasteiger partial charge in [0.1, 0.15) is 5.84 Å².